The molecule has 2 aromatic rings. The van der Waals surface area contributed by atoms with Gasteiger partial charge in [0.2, 0.25) is 5.91 Å². The van der Waals surface area contributed by atoms with Crippen molar-refractivity contribution in [1.82, 2.24) is 4.90 Å². The molecule has 1 aliphatic rings. The first-order valence-corrected chi connectivity index (χ1v) is 11.4. The Morgan fingerprint density at radius 2 is 1.71 bits per heavy atom. The van der Waals surface area contributed by atoms with Crippen LogP contribution in [0.25, 0.3) is 0 Å². The molecule has 0 radical (unpaired) electrons. The number of benzene rings is 2. The van der Waals surface area contributed by atoms with E-state index in [4.69, 9.17) is 24.7 Å². The first-order chi connectivity index (χ1) is 16.7. The molecule has 1 atom stereocenters. The van der Waals surface area contributed by atoms with Gasteiger partial charge in [-0.15, -0.1) is 0 Å². The molecule has 9 heteroatoms. The van der Waals surface area contributed by atoms with Crippen LogP contribution in [0, 0.1) is 0 Å². The van der Waals surface area contributed by atoms with Crippen molar-refractivity contribution in [2.24, 2.45) is 5.73 Å². The minimum atomic E-state index is -1.23. The normalized spacial score (nSPS) is 15.4. The van der Waals surface area contributed by atoms with Gasteiger partial charge in [0.25, 0.3) is 5.91 Å². The lowest BCUT2D eigenvalue weighted by Gasteiger charge is -2.32. The van der Waals surface area contributed by atoms with Gasteiger partial charge in [-0.1, -0.05) is 6.07 Å². The van der Waals surface area contributed by atoms with Crippen LogP contribution in [-0.2, 0) is 20.7 Å². The van der Waals surface area contributed by atoms with Gasteiger partial charge in [-0.2, -0.15) is 0 Å². The third-order valence-electron chi connectivity index (χ3n) is 5.90. The van der Waals surface area contributed by atoms with Gasteiger partial charge in [0, 0.05) is 18.5 Å². The van der Waals surface area contributed by atoms with E-state index in [1.54, 1.807) is 46.3 Å². The Morgan fingerprint density at radius 3 is 2.34 bits per heavy atom. The highest BCUT2D eigenvalue weighted by Crippen LogP contribution is 2.28. The number of carbonyl (C=O) groups is 3. The average molecular weight is 485 g/mol. The third-order valence-corrected chi connectivity index (χ3v) is 5.90. The summed E-state index contributed by atoms with van der Waals surface area (Å²) in [6.07, 6.45) is 1.73. The highest BCUT2D eigenvalue weighted by atomic mass is 16.5. The van der Waals surface area contributed by atoms with Crippen molar-refractivity contribution in [3.05, 3.63) is 53.6 Å². The number of esters is 1. The molecule has 35 heavy (non-hydrogen) atoms. The largest absolute Gasteiger partial charge is 0.493 e. The molecule has 2 N–H and O–H groups in total. The molecule has 2 amide bonds. The summed E-state index contributed by atoms with van der Waals surface area (Å²) in [6, 6.07) is 11.1. The van der Waals surface area contributed by atoms with Crippen molar-refractivity contribution >= 4 is 17.8 Å². The molecular formula is C26H32N2O7. The van der Waals surface area contributed by atoms with Crippen LogP contribution >= 0.6 is 0 Å². The van der Waals surface area contributed by atoms with E-state index in [0.717, 1.165) is 5.56 Å². The summed E-state index contributed by atoms with van der Waals surface area (Å²) in [7, 11) is 3.13. The fourth-order valence-electron chi connectivity index (χ4n) is 4.03. The molecule has 1 saturated heterocycles. The van der Waals surface area contributed by atoms with E-state index < -0.39 is 23.5 Å². The summed E-state index contributed by atoms with van der Waals surface area (Å²) in [6.45, 7) is 3.92. The van der Waals surface area contributed by atoms with Gasteiger partial charge in [-0.05, 0) is 68.7 Å². The quantitative estimate of drug-likeness (QED) is 0.515. The molecule has 188 valence electrons. The molecule has 1 aliphatic heterocycles. The number of rotatable bonds is 10. The first kappa shape index (κ1) is 25.9. The van der Waals surface area contributed by atoms with Crippen LogP contribution in [0.15, 0.2) is 42.5 Å². The van der Waals surface area contributed by atoms with Crippen molar-refractivity contribution in [3.8, 4) is 17.2 Å². The van der Waals surface area contributed by atoms with Crippen LogP contribution in [0.5, 0.6) is 17.2 Å². The number of nitrogens with two attached hydrogens (primary N) is 1. The zero-order valence-electron chi connectivity index (χ0n) is 20.5. The molecule has 0 bridgehead atoms. The highest BCUT2D eigenvalue weighted by Gasteiger charge is 2.42. The maximum atomic E-state index is 13.3. The number of hydrogen-bond donors (Lipinski definition) is 1. The minimum absolute atomic E-state index is 0.180. The zero-order valence-corrected chi connectivity index (χ0v) is 20.5. The van der Waals surface area contributed by atoms with Crippen LogP contribution in [0.4, 0.5) is 0 Å². The predicted molar refractivity (Wildman–Crippen MR) is 129 cm³/mol. The highest BCUT2D eigenvalue weighted by molar-refractivity contribution is 5.93. The summed E-state index contributed by atoms with van der Waals surface area (Å²) in [4.78, 5) is 38.9. The van der Waals surface area contributed by atoms with Crippen LogP contribution in [0.3, 0.4) is 0 Å². The number of likely N-dealkylation sites (tertiary alicyclic amines) is 1. The summed E-state index contributed by atoms with van der Waals surface area (Å²) >= 11 is 0. The number of methoxy groups -OCH3 is 2. The fourth-order valence-corrected chi connectivity index (χ4v) is 4.03. The van der Waals surface area contributed by atoms with E-state index in [2.05, 4.69) is 0 Å². The summed E-state index contributed by atoms with van der Waals surface area (Å²) in [5, 5.41) is 0. The Labute approximate surface area is 205 Å². The number of nitrogens with zero attached hydrogens (tertiary/aromatic N) is 1. The summed E-state index contributed by atoms with van der Waals surface area (Å²) in [5.41, 5.74) is 5.32. The second-order valence-electron chi connectivity index (χ2n) is 8.76. The van der Waals surface area contributed by atoms with Crippen molar-refractivity contribution < 1.29 is 33.3 Å². The number of carbonyl (C=O) groups excluding carboxylic acids is 3. The zero-order chi connectivity index (χ0) is 25.6. The third kappa shape index (κ3) is 6.23. The lowest BCUT2D eigenvalue weighted by molar-refractivity contribution is -0.158. The Bertz CT molecular complexity index is 1070. The Morgan fingerprint density at radius 1 is 1.03 bits per heavy atom. The van der Waals surface area contributed by atoms with Crippen molar-refractivity contribution in [2.45, 2.75) is 44.8 Å². The van der Waals surface area contributed by atoms with Crippen molar-refractivity contribution in [2.75, 3.05) is 27.4 Å². The second-order valence-corrected chi connectivity index (χ2v) is 8.76. The van der Waals surface area contributed by atoms with E-state index in [1.807, 2.05) is 12.1 Å². The fraction of sp³-hybridized carbons (Fsp3) is 0.423. The number of amides is 2. The maximum absolute atomic E-state index is 13.3. The van der Waals surface area contributed by atoms with Gasteiger partial charge in [0.15, 0.2) is 17.1 Å². The van der Waals surface area contributed by atoms with Gasteiger partial charge in [-0.3, -0.25) is 9.59 Å². The molecule has 3 rings (SSSR count). The van der Waals surface area contributed by atoms with E-state index in [9.17, 15) is 14.4 Å². The molecule has 2 aromatic carbocycles. The maximum Gasteiger partial charge on any atom is 0.328 e. The van der Waals surface area contributed by atoms with Crippen molar-refractivity contribution in [1.29, 1.82) is 0 Å². The number of hydrogen-bond acceptors (Lipinski definition) is 7. The van der Waals surface area contributed by atoms with Gasteiger partial charge in [0.05, 0.1) is 20.8 Å². The van der Waals surface area contributed by atoms with Crippen LogP contribution in [0.2, 0.25) is 0 Å². The second kappa shape index (κ2) is 11.1. The molecule has 0 aliphatic carbocycles. The van der Waals surface area contributed by atoms with Crippen LogP contribution in [0.1, 0.15) is 42.6 Å². The van der Waals surface area contributed by atoms with Gasteiger partial charge >= 0.3 is 5.97 Å². The summed E-state index contributed by atoms with van der Waals surface area (Å²) in [5.74, 6) is 0.365. The van der Waals surface area contributed by atoms with Gasteiger partial charge in [-0.25, -0.2) is 4.79 Å². The van der Waals surface area contributed by atoms with E-state index in [1.165, 1.54) is 17.0 Å². The molecule has 0 unspecified atom stereocenters. The smallest absolute Gasteiger partial charge is 0.328 e. The van der Waals surface area contributed by atoms with Gasteiger partial charge in [0.1, 0.15) is 11.8 Å². The molecule has 0 spiro atoms. The SMILES string of the molecule is COc1ccc(CCOC(=O)[C@@H]2CCCN2C(=O)C(C)(C)Oc2ccc(C(N)=O)cc2)cc1OC. The molecular weight excluding hydrogens is 452 g/mol. The number of ether oxygens (including phenoxy) is 4. The number of primary amides is 1. The topological polar surface area (TPSA) is 117 Å². The van der Waals surface area contributed by atoms with Crippen LogP contribution < -0.4 is 19.9 Å². The van der Waals surface area contributed by atoms with Crippen LogP contribution in [-0.4, -0.2) is 61.7 Å². The molecule has 0 aromatic heterocycles. The minimum Gasteiger partial charge on any atom is -0.493 e. The average Bonchev–Trinajstić information content (AvgIpc) is 3.33. The molecule has 1 heterocycles. The lowest BCUT2D eigenvalue weighted by Crippen LogP contribution is -2.52. The van der Waals surface area contributed by atoms with Crippen molar-refractivity contribution in [3.63, 3.8) is 0 Å². The van der Waals surface area contributed by atoms with E-state index in [0.29, 0.717) is 48.6 Å². The molecule has 1 fully saturated rings. The first-order valence-electron chi connectivity index (χ1n) is 11.4. The Hall–Kier alpha value is -3.75. The van der Waals surface area contributed by atoms with E-state index in [-0.39, 0.29) is 12.5 Å². The molecule has 9 nitrogen and oxygen atoms in total. The predicted octanol–water partition coefficient (Wildman–Crippen LogP) is 2.74. The molecule has 0 saturated carbocycles. The Balaban J connectivity index is 1.58. The summed E-state index contributed by atoms with van der Waals surface area (Å²) < 4.78 is 22.0. The Kier molecular flexibility index (Phi) is 8.22. The monoisotopic (exact) mass is 484 g/mol. The van der Waals surface area contributed by atoms with E-state index >= 15 is 0 Å². The standard InChI is InChI=1S/C26H32N2O7/c1-26(2,35-19-10-8-18(9-11-19)23(27)29)25(31)28-14-5-6-20(28)24(30)34-15-13-17-7-12-21(32-3)22(16-17)33-4/h7-12,16,20H,5-6,13-15H2,1-4H3,(H2,27,29)/t20-/m0/s1. The van der Waals surface area contributed by atoms with Gasteiger partial charge < -0.3 is 29.6 Å². The lowest BCUT2D eigenvalue weighted by atomic mass is 10.1.